The van der Waals surface area contributed by atoms with E-state index < -0.39 is 0 Å². The minimum absolute atomic E-state index is 0.115. The summed E-state index contributed by atoms with van der Waals surface area (Å²) >= 11 is 0. The van der Waals surface area contributed by atoms with Gasteiger partial charge in [0.1, 0.15) is 0 Å². The molecule has 0 unspecified atom stereocenters. The molecule has 5 aliphatic carbocycles. The van der Waals surface area contributed by atoms with Gasteiger partial charge in [-0.1, -0.05) is 0 Å². The van der Waals surface area contributed by atoms with Crippen LogP contribution in [0.4, 0.5) is 0 Å². The summed E-state index contributed by atoms with van der Waals surface area (Å²) in [6, 6.07) is 0. The molecule has 1 nitrogen and oxygen atoms in total. The Morgan fingerprint density at radius 2 is 1.60 bits per heavy atom. The van der Waals surface area contributed by atoms with Gasteiger partial charge in [-0.05, 0) is 48.3 Å². The molecule has 0 heterocycles. The van der Waals surface area contributed by atoms with Crippen LogP contribution < -0.4 is 0 Å². The summed E-state index contributed by atoms with van der Waals surface area (Å²) < 4.78 is 0. The first-order valence-electron chi connectivity index (χ1n) is 4.56. The summed E-state index contributed by atoms with van der Waals surface area (Å²) in [5.74, 6) is 5.96. The zero-order chi connectivity index (χ0) is 6.46. The molecule has 5 fully saturated rings. The first-order chi connectivity index (χ1) is 4.88. The average Bonchev–Trinajstić information content (AvgIpc) is 2.34. The van der Waals surface area contributed by atoms with E-state index in [1.165, 1.54) is 6.42 Å². The molecule has 0 saturated heterocycles. The highest BCUT2D eigenvalue weighted by Crippen LogP contribution is 2.80. The molecule has 5 rings (SSSR count). The van der Waals surface area contributed by atoms with E-state index in [0.717, 1.165) is 41.9 Å². The lowest BCUT2D eigenvalue weighted by atomic mass is 9.98. The van der Waals surface area contributed by atoms with Crippen LogP contribution in [0.2, 0.25) is 0 Å². The third-order valence-corrected chi connectivity index (χ3v) is 4.78. The van der Waals surface area contributed by atoms with Crippen molar-refractivity contribution in [3.63, 3.8) is 0 Å². The van der Waals surface area contributed by atoms with E-state index in [9.17, 15) is 5.11 Å². The molecule has 5 aliphatic rings. The van der Waals surface area contributed by atoms with Gasteiger partial charge in [-0.3, -0.25) is 0 Å². The van der Waals surface area contributed by atoms with Gasteiger partial charge in [0.05, 0.1) is 6.10 Å². The molecule has 1 heteroatoms. The summed E-state index contributed by atoms with van der Waals surface area (Å²) in [5.41, 5.74) is 0. The van der Waals surface area contributed by atoms with E-state index >= 15 is 0 Å². The van der Waals surface area contributed by atoms with E-state index in [0.29, 0.717) is 0 Å². The van der Waals surface area contributed by atoms with Crippen LogP contribution in [0.1, 0.15) is 12.8 Å². The van der Waals surface area contributed by atoms with Crippen LogP contribution in [0.25, 0.3) is 0 Å². The van der Waals surface area contributed by atoms with E-state index in [2.05, 4.69) is 0 Å². The van der Waals surface area contributed by atoms with Crippen molar-refractivity contribution in [3.8, 4) is 0 Å². The Morgan fingerprint density at radius 3 is 2.10 bits per heavy atom. The summed E-state index contributed by atoms with van der Waals surface area (Å²) in [4.78, 5) is 0. The number of aliphatic hydroxyl groups is 1. The highest BCUT2D eigenvalue weighted by molar-refractivity contribution is 5.25. The molecule has 0 aromatic heterocycles. The third kappa shape index (κ3) is 0.268. The van der Waals surface area contributed by atoms with Gasteiger partial charge in [0.15, 0.2) is 0 Å². The minimum Gasteiger partial charge on any atom is -0.393 e. The monoisotopic (exact) mass is 136 g/mol. The second-order valence-corrected chi connectivity index (χ2v) is 4.76. The lowest BCUT2D eigenvalue weighted by Gasteiger charge is -2.14. The van der Waals surface area contributed by atoms with Crippen molar-refractivity contribution in [2.75, 3.05) is 0 Å². The fourth-order valence-electron chi connectivity index (χ4n) is 4.70. The fourth-order valence-corrected chi connectivity index (χ4v) is 4.70. The van der Waals surface area contributed by atoms with Crippen LogP contribution in [0.15, 0.2) is 0 Å². The minimum atomic E-state index is 0.115. The van der Waals surface area contributed by atoms with Gasteiger partial charge in [-0.25, -0.2) is 0 Å². The van der Waals surface area contributed by atoms with Gasteiger partial charge >= 0.3 is 0 Å². The molecule has 0 amide bonds. The molecule has 1 N–H and O–H groups in total. The molecule has 0 aromatic rings. The summed E-state index contributed by atoms with van der Waals surface area (Å²) in [6.07, 6.45) is 2.76. The number of aliphatic hydroxyl groups excluding tert-OH is 1. The Bertz CT molecular complexity index is 213. The highest BCUT2D eigenvalue weighted by Gasteiger charge is 2.77. The van der Waals surface area contributed by atoms with Crippen molar-refractivity contribution in [1.29, 1.82) is 0 Å². The van der Waals surface area contributed by atoms with Crippen LogP contribution in [0, 0.1) is 35.5 Å². The molecule has 10 heavy (non-hydrogen) atoms. The Hall–Kier alpha value is -0.0400. The standard InChI is InChI=1S/C9H12O/c10-6-2-4-3-1-5-7(4)9(5)8(3)6/h3-10H,1-2H2/t3-,4-,5-,6-,7+,8+,9+/m0/s1. The second-order valence-electron chi connectivity index (χ2n) is 4.76. The normalized spacial score (nSPS) is 80.7. The molecular weight excluding hydrogens is 124 g/mol. The number of rotatable bonds is 0. The maximum atomic E-state index is 9.61. The molecule has 5 saturated carbocycles. The summed E-state index contributed by atoms with van der Waals surface area (Å²) in [5, 5.41) is 9.61. The second kappa shape index (κ2) is 1.08. The maximum Gasteiger partial charge on any atom is 0.0576 e. The SMILES string of the molecule is O[C@H]1C[C@H]2[C@@H]3C[C@H]4[C@@H]2[C@@H]4[C@H]31. The fraction of sp³-hybridized carbons (Fsp3) is 1.00. The first-order valence-corrected chi connectivity index (χ1v) is 4.56. The lowest BCUT2D eigenvalue weighted by molar-refractivity contribution is 0.104. The smallest absolute Gasteiger partial charge is 0.0576 e. The predicted octanol–water partition coefficient (Wildman–Crippen LogP) is 0.879. The van der Waals surface area contributed by atoms with E-state index in [1.807, 2.05) is 0 Å². The van der Waals surface area contributed by atoms with E-state index in [4.69, 9.17) is 0 Å². The number of hydrogen-bond donors (Lipinski definition) is 1. The molecule has 54 valence electrons. The Kier molecular flexibility index (Phi) is 0.513. The molecule has 0 spiro atoms. The average molecular weight is 136 g/mol. The topological polar surface area (TPSA) is 20.2 Å². The quantitative estimate of drug-likeness (QED) is 0.524. The number of hydrogen-bond acceptors (Lipinski definition) is 1. The van der Waals surface area contributed by atoms with Gasteiger partial charge in [0.2, 0.25) is 0 Å². The Labute approximate surface area is 60.4 Å². The van der Waals surface area contributed by atoms with Crippen molar-refractivity contribution in [2.24, 2.45) is 35.5 Å². The van der Waals surface area contributed by atoms with Crippen molar-refractivity contribution in [2.45, 2.75) is 18.9 Å². The van der Waals surface area contributed by atoms with Crippen LogP contribution in [0.5, 0.6) is 0 Å². The summed E-state index contributed by atoms with van der Waals surface area (Å²) in [6.45, 7) is 0. The molecule has 7 atom stereocenters. The van der Waals surface area contributed by atoms with Gasteiger partial charge in [0, 0.05) is 0 Å². The third-order valence-electron chi connectivity index (χ3n) is 4.78. The van der Waals surface area contributed by atoms with Crippen molar-refractivity contribution in [3.05, 3.63) is 0 Å². The zero-order valence-corrected chi connectivity index (χ0v) is 5.90. The molecule has 0 aliphatic heterocycles. The highest BCUT2D eigenvalue weighted by atomic mass is 16.3. The van der Waals surface area contributed by atoms with Crippen molar-refractivity contribution < 1.29 is 5.11 Å². The lowest BCUT2D eigenvalue weighted by Crippen LogP contribution is -2.18. The largest absolute Gasteiger partial charge is 0.393 e. The van der Waals surface area contributed by atoms with Crippen LogP contribution >= 0.6 is 0 Å². The van der Waals surface area contributed by atoms with Gasteiger partial charge in [-0.2, -0.15) is 0 Å². The Morgan fingerprint density at radius 1 is 0.800 bits per heavy atom. The Balaban J connectivity index is 1.93. The van der Waals surface area contributed by atoms with Gasteiger partial charge in [0.25, 0.3) is 0 Å². The predicted molar refractivity (Wildman–Crippen MR) is 36.2 cm³/mol. The van der Waals surface area contributed by atoms with Crippen LogP contribution in [0.3, 0.4) is 0 Å². The first kappa shape index (κ1) is 4.76. The summed E-state index contributed by atoms with van der Waals surface area (Å²) in [7, 11) is 0. The zero-order valence-electron chi connectivity index (χ0n) is 5.90. The van der Waals surface area contributed by atoms with Crippen LogP contribution in [-0.2, 0) is 0 Å². The molecule has 0 aromatic carbocycles. The van der Waals surface area contributed by atoms with Crippen molar-refractivity contribution >= 4 is 0 Å². The van der Waals surface area contributed by atoms with Crippen molar-refractivity contribution in [1.82, 2.24) is 0 Å². The molecule has 6 bridgehead atoms. The molecular formula is C9H12O. The maximum absolute atomic E-state index is 9.61. The molecule has 0 radical (unpaired) electrons. The van der Waals surface area contributed by atoms with Gasteiger partial charge < -0.3 is 5.11 Å². The van der Waals surface area contributed by atoms with Gasteiger partial charge in [-0.15, -0.1) is 0 Å². The van der Waals surface area contributed by atoms with E-state index in [1.54, 1.807) is 0 Å². The van der Waals surface area contributed by atoms with Crippen LogP contribution in [-0.4, -0.2) is 11.2 Å². The van der Waals surface area contributed by atoms with E-state index in [-0.39, 0.29) is 6.10 Å².